The number of aryl methyl sites for hydroxylation is 1. The lowest BCUT2D eigenvalue weighted by Crippen LogP contribution is -2.52. The molecule has 3 aromatic carbocycles. The van der Waals surface area contributed by atoms with E-state index < -0.39 is 39.3 Å². The van der Waals surface area contributed by atoms with E-state index in [2.05, 4.69) is 5.32 Å². The molecule has 1 atom stereocenters. The summed E-state index contributed by atoms with van der Waals surface area (Å²) in [6.07, 6.45) is 1.12. The molecular weight excluding hydrogens is 508 g/mol. The smallest absolute Gasteiger partial charge is 0.271 e. The van der Waals surface area contributed by atoms with Crippen LogP contribution in [0.2, 0.25) is 0 Å². The fourth-order valence-electron chi connectivity index (χ4n) is 3.99. The summed E-state index contributed by atoms with van der Waals surface area (Å²) in [6, 6.07) is 20.8. The Morgan fingerprint density at radius 1 is 0.974 bits per heavy atom. The van der Waals surface area contributed by atoms with E-state index in [1.54, 1.807) is 0 Å². The Morgan fingerprint density at radius 3 is 2.21 bits per heavy atom. The molecule has 0 fully saturated rings. The Balaban J connectivity index is 2.03. The van der Waals surface area contributed by atoms with Gasteiger partial charge in [-0.05, 0) is 24.1 Å². The van der Waals surface area contributed by atoms with Crippen LogP contribution in [0.1, 0.15) is 16.7 Å². The van der Waals surface area contributed by atoms with Crippen molar-refractivity contribution in [1.29, 1.82) is 0 Å². The van der Waals surface area contributed by atoms with Crippen molar-refractivity contribution in [3.05, 3.63) is 106 Å². The first-order valence-corrected chi connectivity index (χ1v) is 13.7. The number of hydrogen-bond donors (Lipinski definition) is 1. The zero-order chi connectivity index (χ0) is 27.9. The molecule has 0 aromatic heterocycles. The number of sulfonamides is 1. The molecule has 0 saturated heterocycles. The lowest BCUT2D eigenvalue weighted by Gasteiger charge is -2.33. The number of benzene rings is 3. The van der Waals surface area contributed by atoms with Crippen LogP contribution in [0.15, 0.2) is 78.9 Å². The summed E-state index contributed by atoms with van der Waals surface area (Å²) in [6.45, 7) is 1.34. The normalized spacial score (nSPS) is 11.9. The minimum Gasteiger partial charge on any atom is -0.357 e. The third-order valence-corrected chi connectivity index (χ3v) is 7.14. The lowest BCUT2D eigenvalue weighted by atomic mass is 10.0. The summed E-state index contributed by atoms with van der Waals surface area (Å²) in [7, 11) is -2.54. The van der Waals surface area contributed by atoms with Gasteiger partial charge in [-0.1, -0.05) is 66.2 Å². The van der Waals surface area contributed by atoms with Gasteiger partial charge in [0.15, 0.2) is 0 Å². The van der Waals surface area contributed by atoms with Crippen LogP contribution >= 0.6 is 0 Å². The second-order valence-electron chi connectivity index (χ2n) is 8.87. The zero-order valence-corrected chi connectivity index (χ0v) is 22.2. The molecule has 0 radical (unpaired) electrons. The van der Waals surface area contributed by atoms with Gasteiger partial charge in [0.1, 0.15) is 12.6 Å². The number of nitrogens with zero attached hydrogens (tertiary/aromatic N) is 3. The van der Waals surface area contributed by atoms with Gasteiger partial charge < -0.3 is 10.2 Å². The number of rotatable bonds is 11. The van der Waals surface area contributed by atoms with Gasteiger partial charge in [-0.2, -0.15) is 0 Å². The average molecular weight is 539 g/mol. The van der Waals surface area contributed by atoms with E-state index in [0.29, 0.717) is 0 Å². The minimum absolute atomic E-state index is 0.0233. The van der Waals surface area contributed by atoms with Crippen LogP contribution in [0, 0.1) is 17.0 Å². The molecule has 0 aliphatic heterocycles. The predicted octanol–water partition coefficient (Wildman–Crippen LogP) is 3.06. The molecule has 200 valence electrons. The van der Waals surface area contributed by atoms with Crippen molar-refractivity contribution in [2.24, 2.45) is 0 Å². The van der Waals surface area contributed by atoms with E-state index in [-0.39, 0.29) is 24.3 Å². The summed E-state index contributed by atoms with van der Waals surface area (Å²) in [5.41, 5.74) is 2.26. The van der Waals surface area contributed by atoms with Crippen molar-refractivity contribution in [3.8, 4) is 0 Å². The molecule has 0 aliphatic carbocycles. The van der Waals surface area contributed by atoms with E-state index in [1.807, 2.05) is 61.5 Å². The van der Waals surface area contributed by atoms with E-state index in [1.165, 1.54) is 30.1 Å². The lowest BCUT2D eigenvalue weighted by molar-refractivity contribution is -0.384. The Labute approximate surface area is 222 Å². The van der Waals surface area contributed by atoms with Gasteiger partial charge in [0.2, 0.25) is 21.8 Å². The van der Waals surface area contributed by atoms with Crippen LogP contribution in [0.5, 0.6) is 0 Å². The van der Waals surface area contributed by atoms with Gasteiger partial charge in [0, 0.05) is 32.1 Å². The van der Waals surface area contributed by atoms with Crippen molar-refractivity contribution in [3.63, 3.8) is 0 Å². The summed E-state index contributed by atoms with van der Waals surface area (Å²) < 4.78 is 26.3. The van der Waals surface area contributed by atoms with Crippen LogP contribution in [0.4, 0.5) is 11.4 Å². The number of carbonyl (C=O) groups excluding carboxylic acids is 2. The topological polar surface area (TPSA) is 130 Å². The summed E-state index contributed by atoms with van der Waals surface area (Å²) in [5.74, 6) is -1.04. The number of hydrogen-bond acceptors (Lipinski definition) is 6. The fraction of sp³-hybridized carbons (Fsp3) is 0.259. The van der Waals surface area contributed by atoms with Crippen molar-refractivity contribution >= 4 is 33.2 Å². The van der Waals surface area contributed by atoms with Gasteiger partial charge in [0.05, 0.1) is 16.9 Å². The second-order valence-corrected chi connectivity index (χ2v) is 10.8. The monoisotopic (exact) mass is 538 g/mol. The first-order valence-electron chi connectivity index (χ1n) is 11.8. The third-order valence-electron chi connectivity index (χ3n) is 6.00. The molecule has 10 nitrogen and oxygen atoms in total. The first-order chi connectivity index (χ1) is 18.0. The fourth-order valence-corrected chi connectivity index (χ4v) is 4.83. The average Bonchev–Trinajstić information content (AvgIpc) is 2.89. The van der Waals surface area contributed by atoms with E-state index in [9.17, 15) is 28.1 Å². The Bertz CT molecular complexity index is 1390. The molecule has 0 unspecified atom stereocenters. The Morgan fingerprint density at radius 2 is 1.63 bits per heavy atom. The number of nitro groups is 1. The summed E-state index contributed by atoms with van der Waals surface area (Å²) in [5, 5.41) is 13.9. The van der Waals surface area contributed by atoms with Crippen LogP contribution in [0.25, 0.3) is 0 Å². The van der Waals surface area contributed by atoms with E-state index in [4.69, 9.17) is 0 Å². The van der Waals surface area contributed by atoms with Crippen molar-refractivity contribution < 1.29 is 22.9 Å². The van der Waals surface area contributed by atoms with E-state index >= 15 is 0 Å². The van der Waals surface area contributed by atoms with Gasteiger partial charge >= 0.3 is 0 Å². The highest BCUT2D eigenvalue weighted by atomic mass is 32.2. The predicted molar refractivity (Wildman–Crippen MR) is 145 cm³/mol. The summed E-state index contributed by atoms with van der Waals surface area (Å²) >= 11 is 0. The first kappa shape index (κ1) is 28.3. The number of nitro benzene ring substituents is 1. The van der Waals surface area contributed by atoms with Crippen molar-refractivity contribution in [2.45, 2.75) is 25.9 Å². The molecule has 0 aliphatic rings. The molecule has 2 amide bonds. The van der Waals surface area contributed by atoms with Gasteiger partial charge in [0.25, 0.3) is 5.69 Å². The highest BCUT2D eigenvalue weighted by Crippen LogP contribution is 2.24. The molecule has 3 rings (SSSR count). The Hall–Kier alpha value is -4.25. The number of likely N-dealkylation sites (N-methyl/N-ethyl adjacent to an activating group) is 1. The third kappa shape index (κ3) is 7.39. The molecule has 3 aromatic rings. The molecule has 1 N–H and O–H groups in total. The van der Waals surface area contributed by atoms with Crippen LogP contribution in [-0.4, -0.2) is 55.9 Å². The van der Waals surface area contributed by atoms with Crippen LogP contribution < -0.4 is 9.62 Å². The highest BCUT2D eigenvalue weighted by molar-refractivity contribution is 7.92. The molecule has 0 saturated carbocycles. The van der Waals surface area contributed by atoms with Gasteiger partial charge in [-0.15, -0.1) is 0 Å². The number of amides is 2. The van der Waals surface area contributed by atoms with Crippen molar-refractivity contribution in [2.75, 3.05) is 24.2 Å². The van der Waals surface area contributed by atoms with E-state index in [0.717, 1.165) is 33.3 Å². The largest absolute Gasteiger partial charge is 0.357 e. The maximum absolute atomic E-state index is 13.8. The van der Waals surface area contributed by atoms with Crippen molar-refractivity contribution in [1.82, 2.24) is 10.2 Å². The second kappa shape index (κ2) is 12.3. The number of anilines is 1. The standard InChI is InChI=1S/C27H30N4O6S/c1-20-12-14-22(15-13-20)18-29(25(27(33)28-2)16-21-8-5-4-6-9-21)26(32)19-30(38(3,36)37)23-10-7-11-24(17-23)31(34)35/h4-15,17,25H,16,18-19H2,1-3H3,(H,28,33)/t25-/m0/s1. The van der Waals surface area contributed by atoms with Crippen LogP contribution in [0.3, 0.4) is 0 Å². The maximum Gasteiger partial charge on any atom is 0.271 e. The number of non-ortho nitro benzene ring substituents is 1. The zero-order valence-electron chi connectivity index (χ0n) is 21.4. The maximum atomic E-state index is 13.8. The number of carbonyl (C=O) groups is 2. The molecule has 0 spiro atoms. The summed E-state index contributed by atoms with van der Waals surface area (Å²) in [4.78, 5) is 38.9. The molecule has 0 heterocycles. The van der Waals surface area contributed by atoms with Crippen LogP contribution in [-0.2, 0) is 32.6 Å². The molecule has 38 heavy (non-hydrogen) atoms. The van der Waals surface area contributed by atoms with Gasteiger partial charge in [-0.25, -0.2) is 8.42 Å². The molecule has 11 heteroatoms. The Kier molecular flexibility index (Phi) is 9.19. The molecule has 0 bridgehead atoms. The quantitative estimate of drug-likeness (QED) is 0.295. The number of nitrogens with one attached hydrogen (secondary N) is 1. The highest BCUT2D eigenvalue weighted by Gasteiger charge is 2.32. The minimum atomic E-state index is -4.02. The SMILES string of the molecule is CNC(=O)[C@H](Cc1ccccc1)N(Cc1ccc(C)cc1)C(=O)CN(c1cccc([N+](=O)[O-])c1)S(C)(=O)=O. The van der Waals surface area contributed by atoms with Gasteiger partial charge in [-0.3, -0.25) is 24.0 Å². The molecular formula is C27H30N4O6S.